The van der Waals surface area contributed by atoms with Crippen LogP contribution in [0.1, 0.15) is 10.4 Å². The van der Waals surface area contributed by atoms with Crippen LogP contribution in [0.4, 0.5) is 5.69 Å². The van der Waals surface area contributed by atoms with Crippen molar-refractivity contribution in [2.75, 3.05) is 5.32 Å². The number of hydrogen-bond donors (Lipinski definition) is 1. The monoisotopic (exact) mass is 466 g/mol. The third-order valence-corrected chi connectivity index (χ3v) is 6.41. The zero-order valence-electron chi connectivity index (χ0n) is 17.5. The Labute approximate surface area is 201 Å². The Morgan fingerprint density at radius 1 is 0.727 bits per heavy atom. The topological polar surface area (TPSA) is 42.0 Å². The summed E-state index contributed by atoms with van der Waals surface area (Å²) in [5.74, 6) is -0.146. The van der Waals surface area contributed by atoms with Crippen molar-refractivity contribution in [3.05, 3.63) is 119 Å². The fourth-order valence-electron chi connectivity index (χ4n) is 3.54. The molecule has 0 atom stereocenters. The summed E-state index contributed by atoms with van der Waals surface area (Å²) in [5.41, 5.74) is 6.38. The number of carbonyl (C=O) groups is 1. The third kappa shape index (κ3) is 4.87. The second kappa shape index (κ2) is 9.41. The van der Waals surface area contributed by atoms with E-state index in [1.165, 1.54) is 0 Å². The normalized spacial score (nSPS) is 10.7. The highest BCUT2D eigenvalue weighted by Gasteiger charge is 2.10. The van der Waals surface area contributed by atoms with Gasteiger partial charge in [-0.1, -0.05) is 78.3 Å². The van der Waals surface area contributed by atoms with E-state index < -0.39 is 0 Å². The lowest BCUT2D eigenvalue weighted by Gasteiger charge is -2.08. The van der Waals surface area contributed by atoms with Crippen LogP contribution < -0.4 is 5.32 Å². The second-order valence-electron chi connectivity index (χ2n) is 7.52. The lowest BCUT2D eigenvalue weighted by atomic mass is 10.0. The van der Waals surface area contributed by atoms with Gasteiger partial charge in [0.2, 0.25) is 0 Å². The van der Waals surface area contributed by atoms with Crippen molar-refractivity contribution in [1.82, 2.24) is 4.98 Å². The van der Waals surface area contributed by atoms with Crippen LogP contribution in [-0.4, -0.2) is 10.9 Å². The first kappa shape index (κ1) is 21.1. The zero-order valence-corrected chi connectivity index (χ0v) is 19.1. The summed E-state index contributed by atoms with van der Waals surface area (Å²) in [5, 5.41) is 6.64. The summed E-state index contributed by atoms with van der Waals surface area (Å²) in [6.07, 6.45) is 0. The van der Waals surface area contributed by atoms with E-state index in [-0.39, 0.29) is 5.91 Å². The first-order chi connectivity index (χ1) is 16.2. The van der Waals surface area contributed by atoms with Crippen LogP contribution in [-0.2, 0) is 0 Å². The van der Waals surface area contributed by atoms with Crippen LogP contribution in [0.2, 0.25) is 5.02 Å². The predicted molar refractivity (Wildman–Crippen MR) is 138 cm³/mol. The van der Waals surface area contributed by atoms with Crippen LogP contribution in [0.3, 0.4) is 0 Å². The molecule has 160 valence electrons. The molecule has 1 N–H and O–H groups in total. The number of thiazole rings is 1. The molecule has 0 unspecified atom stereocenters. The first-order valence-corrected chi connectivity index (χ1v) is 11.7. The number of halogens is 1. The minimum atomic E-state index is -0.146. The van der Waals surface area contributed by atoms with Gasteiger partial charge in [-0.05, 0) is 47.5 Å². The van der Waals surface area contributed by atoms with Crippen molar-refractivity contribution in [1.29, 1.82) is 0 Å². The van der Waals surface area contributed by atoms with E-state index in [1.54, 1.807) is 11.3 Å². The fraction of sp³-hybridized carbons (Fsp3) is 0. The van der Waals surface area contributed by atoms with Gasteiger partial charge in [0, 0.05) is 32.8 Å². The molecule has 5 aromatic rings. The number of hydrogen-bond acceptors (Lipinski definition) is 3. The Morgan fingerprint density at radius 2 is 1.39 bits per heavy atom. The number of nitrogens with zero attached hydrogens (tertiary/aromatic N) is 1. The van der Waals surface area contributed by atoms with Crippen molar-refractivity contribution in [2.24, 2.45) is 0 Å². The highest BCUT2D eigenvalue weighted by molar-refractivity contribution is 7.13. The molecule has 0 aliphatic rings. The van der Waals surface area contributed by atoms with Gasteiger partial charge in [0.05, 0.1) is 5.69 Å². The van der Waals surface area contributed by atoms with Gasteiger partial charge in [-0.25, -0.2) is 4.98 Å². The smallest absolute Gasteiger partial charge is 0.255 e. The van der Waals surface area contributed by atoms with Gasteiger partial charge in [0.25, 0.3) is 5.91 Å². The van der Waals surface area contributed by atoms with Crippen LogP contribution in [0.25, 0.3) is 33.0 Å². The molecule has 33 heavy (non-hydrogen) atoms. The Hall–Kier alpha value is -3.73. The van der Waals surface area contributed by atoms with Crippen molar-refractivity contribution in [3.63, 3.8) is 0 Å². The number of benzene rings is 4. The molecule has 1 heterocycles. The maximum Gasteiger partial charge on any atom is 0.255 e. The van der Waals surface area contributed by atoms with Crippen molar-refractivity contribution < 1.29 is 4.79 Å². The summed E-state index contributed by atoms with van der Waals surface area (Å²) in [6, 6.07) is 33.1. The summed E-state index contributed by atoms with van der Waals surface area (Å²) < 4.78 is 0. The minimum Gasteiger partial charge on any atom is -0.322 e. The van der Waals surface area contributed by atoms with Gasteiger partial charge >= 0.3 is 0 Å². The lowest BCUT2D eigenvalue weighted by molar-refractivity contribution is 0.102. The molecule has 0 spiro atoms. The molecule has 0 radical (unpaired) electrons. The number of aromatic nitrogens is 1. The minimum absolute atomic E-state index is 0.146. The van der Waals surface area contributed by atoms with Gasteiger partial charge in [0.15, 0.2) is 0 Å². The molecule has 5 heteroatoms. The van der Waals surface area contributed by atoms with E-state index in [0.29, 0.717) is 10.6 Å². The molecule has 0 fully saturated rings. The number of anilines is 1. The number of carbonyl (C=O) groups excluding carboxylic acids is 1. The van der Waals surface area contributed by atoms with E-state index in [2.05, 4.69) is 17.4 Å². The largest absolute Gasteiger partial charge is 0.322 e. The average Bonchev–Trinajstić information content (AvgIpc) is 3.36. The van der Waals surface area contributed by atoms with E-state index >= 15 is 0 Å². The van der Waals surface area contributed by atoms with Crippen molar-refractivity contribution in [3.8, 4) is 33.0 Å². The highest BCUT2D eigenvalue weighted by atomic mass is 35.5. The van der Waals surface area contributed by atoms with Gasteiger partial charge in [-0.3, -0.25) is 4.79 Å². The van der Waals surface area contributed by atoms with Crippen LogP contribution in [0.15, 0.2) is 109 Å². The van der Waals surface area contributed by atoms with Gasteiger partial charge in [-0.15, -0.1) is 11.3 Å². The molecule has 1 aromatic heterocycles. The molecule has 0 saturated carbocycles. The van der Waals surface area contributed by atoms with Crippen molar-refractivity contribution in [2.45, 2.75) is 0 Å². The lowest BCUT2D eigenvalue weighted by Crippen LogP contribution is -2.11. The molecule has 0 bridgehead atoms. The van der Waals surface area contributed by atoms with Crippen molar-refractivity contribution >= 4 is 34.5 Å². The predicted octanol–water partition coefficient (Wildman–Crippen LogP) is 8.05. The molecule has 0 saturated heterocycles. The summed E-state index contributed by atoms with van der Waals surface area (Å²) in [6.45, 7) is 0. The molecule has 0 aliphatic carbocycles. The van der Waals surface area contributed by atoms with E-state index in [0.717, 1.165) is 38.6 Å². The molecule has 1 amide bonds. The van der Waals surface area contributed by atoms with Crippen LogP contribution in [0, 0.1) is 0 Å². The fourth-order valence-corrected chi connectivity index (χ4v) is 4.50. The summed E-state index contributed by atoms with van der Waals surface area (Å²) in [7, 11) is 0. The Kier molecular flexibility index (Phi) is 6.03. The average molecular weight is 467 g/mol. The Bertz CT molecular complexity index is 1390. The van der Waals surface area contributed by atoms with E-state index in [4.69, 9.17) is 16.6 Å². The van der Waals surface area contributed by atoms with Crippen LogP contribution >= 0.6 is 22.9 Å². The van der Waals surface area contributed by atoms with E-state index in [9.17, 15) is 4.79 Å². The molecule has 3 nitrogen and oxygen atoms in total. The molecule has 4 aromatic carbocycles. The summed E-state index contributed by atoms with van der Waals surface area (Å²) >= 11 is 7.57. The Morgan fingerprint density at radius 3 is 2.15 bits per heavy atom. The maximum atomic E-state index is 12.8. The highest BCUT2D eigenvalue weighted by Crippen LogP contribution is 2.30. The van der Waals surface area contributed by atoms with E-state index in [1.807, 2.05) is 96.4 Å². The zero-order chi connectivity index (χ0) is 22.6. The quantitative estimate of drug-likeness (QED) is 0.284. The number of nitrogens with one attached hydrogen (secondary N) is 1. The maximum absolute atomic E-state index is 12.8. The summed E-state index contributed by atoms with van der Waals surface area (Å²) in [4.78, 5) is 17.6. The second-order valence-corrected chi connectivity index (χ2v) is 8.82. The third-order valence-electron chi connectivity index (χ3n) is 5.27. The number of amides is 1. The standard InChI is InChI=1S/C28H19ClN2OS/c29-24-15-13-22(14-16-24)28-31-26(18-33-28)23-7-4-8-25(17-23)30-27(32)21-11-9-20(10-12-21)19-5-2-1-3-6-19/h1-18H,(H,30,32). The molecule has 5 rings (SSSR count). The van der Waals surface area contributed by atoms with Gasteiger partial charge < -0.3 is 5.32 Å². The SMILES string of the molecule is O=C(Nc1cccc(-c2csc(-c3ccc(Cl)cc3)n2)c1)c1ccc(-c2ccccc2)cc1. The molecular formula is C28H19ClN2OS. The first-order valence-electron chi connectivity index (χ1n) is 10.4. The Balaban J connectivity index is 1.31. The van der Waals surface area contributed by atoms with Gasteiger partial charge in [-0.2, -0.15) is 0 Å². The van der Waals surface area contributed by atoms with Gasteiger partial charge in [0.1, 0.15) is 5.01 Å². The molecule has 0 aliphatic heterocycles. The molecular weight excluding hydrogens is 448 g/mol. The van der Waals surface area contributed by atoms with Crippen LogP contribution in [0.5, 0.6) is 0 Å². The number of rotatable bonds is 5.